The number of nitrogens with one attached hydrogen (secondary N) is 1. The summed E-state index contributed by atoms with van der Waals surface area (Å²) in [7, 11) is 0. The molecule has 0 saturated carbocycles. The highest BCUT2D eigenvalue weighted by Crippen LogP contribution is 2.35. The van der Waals surface area contributed by atoms with E-state index in [0.29, 0.717) is 24.0 Å². The zero-order valence-electron chi connectivity index (χ0n) is 15.2. The van der Waals surface area contributed by atoms with Gasteiger partial charge in [0, 0.05) is 30.4 Å². The second kappa shape index (κ2) is 7.73. The van der Waals surface area contributed by atoms with Crippen LogP contribution >= 0.6 is 11.3 Å². The van der Waals surface area contributed by atoms with Crippen LogP contribution in [-0.4, -0.2) is 45.2 Å². The van der Waals surface area contributed by atoms with Gasteiger partial charge in [0.1, 0.15) is 0 Å². The second-order valence-electron chi connectivity index (χ2n) is 7.09. The van der Waals surface area contributed by atoms with Crippen molar-refractivity contribution in [3.8, 4) is 0 Å². The molecule has 0 radical (unpaired) electrons. The van der Waals surface area contributed by atoms with Crippen molar-refractivity contribution in [3.63, 3.8) is 0 Å². The first-order valence-corrected chi connectivity index (χ1v) is 10.1. The van der Waals surface area contributed by atoms with Gasteiger partial charge < -0.3 is 15.0 Å². The third-order valence-electron chi connectivity index (χ3n) is 5.45. The Bertz CT molecular complexity index is 1100. The number of benzene rings is 1. The zero-order valence-corrected chi connectivity index (χ0v) is 16.0. The molecule has 1 fully saturated rings. The number of aliphatic carboxylic acids is 1. The van der Waals surface area contributed by atoms with Gasteiger partial charge in [-0.3, -0.25) is 14.2 Å². The predicted molar refractivity (Wildman–Crippen MR) is 108 cm³/mol. The number of thiophene rings is 1. The van der Waals surface area contributed by atoms with E-state index in [9.17, 15) is 19.5 Å². The zero-order chi connectivity index (χ0) is 19.7. The lowest BCUT2D eigenvalue weighted by Crippen LogP contribution is -2.45. The smallest absolute Gasteiger partial charge is 0.328 e. The topological polar surface area (TPSA) is 95.4 Å². The monoisotopic (exact) mass is 399 g/mol. The van der Waals surface area contributed by atoms with Crippen LogP contribution in [0.5, 0.6) is 0 Å². The van der Waals surface area contributed by atoms with E-state index in [-0.39, 0.29) is 18.0 Å². The molecule has 1 aliphatic heterocycles. The van der Waals surface area contributed by atoms with Crippen molar-refractivity contribution in [1.29, 1.82) is 0 Å². The van der Waals surface area contributed by atoms with E-state index in [1.807, 2.05) is 22.4 Å². The van der Waals surface area contributed by atoms with E-state index in [4.69, 9.17) is 0 Å². The van der Waals surface area contributed by atoms with Gasteiger partial charge >= 0.3 is 11.7 Å². The van der Waals surface area contributed by atoms with E-state index in [2.05, 4.69) is 4.98 Å². The molecular formula is C20H21N3O4S. The number of para-hydroxylation sites is 1. The summed E-state index contributed by atoms with van der Waals surface area (Å²) in [6.07, 6.45) is 0.750. The Balaban J connectivity index is 1.50. The third-order valence-corrected chi connectivity index (χ3v) is 6.46. The molecule has 0 amide bonds. The van der Waals surface area contributed by atoms with Gasteiger partial charge in [0.05, 0.1) is 16.8 Å². The Morgan fingerprint density at radius 3 is 2.75 bits per heavy atom. The summed E-state index contributed by atoms with van der Waals surface area (Å²) in [6, 6.07) is 10.9. The summed E-state index contributed by atoms with van der Waals surface area (Å²) in [5, 5.41) is 12.1. The van der Waals surface area contributed by atoms with Crippen molar-refractivity contribution in [2.24, 2.45) is 5.92 Å². The van der Waals surface area contributed by atoms with Crippen molar-refractivity contribution in [2.45, 2.75) is 18.9 Å². The average molecular weight is 399 g/mol. The number of carboxylic acid groups (broad SMARTS) is 1. The minimum absolute atomic E-state index is 0.0144. The highest BCUT2D eigenvalue weighted by atomic mass is 32.1. The maximum Gasteiger partial charge on any atom is 0.328 e. The van der Waals surface area contributed by atoms with Gasteiger partial charge in [-0.1, -0.05) is 18.2 Å². The SMILES string of the molecule is O=C(O)C1CN(CCn2c(=O)[nH]c3ccccc3c2=O)CCC1c1cccs1. The number of piperidine rings is 1. The van der Waals surface area contributed by atoms with Crippen LogP contribution in [0, 0.1) is 5.92 Å². The maximum absolute atomic E-state index is 12.6. The van der Waals surface area contributed by atoms with Crippen LogP contribution in [0.2, 0.25) is 0 Å². The van der Waals surface area contributed by atoms with Crippen molar-refractivity contribution in [1.82, 2.24) is 14.5 Å². The Morgan fingerprint density at radius 1 is 1.18 bits per heavy atom. The fourth-order valence-corrected chi connectivity index (χ4v) is 4.89. The molecule has 0 spiro atoms. The van der Waals surface area contributed by atoms with Gasteiger partial charge in [-0.2, -0.15) is 0 Å². The van der Waals surface area contributed by atoms with Crippen LogP contribution in [0.25, 0.3) is 10.9 Å². The van der Waals surface area contributed by atoms with Gasteiger partial charge in [0.25, 0.3) is 5.56 Å². The molecular weight excluding hydrogens is 378 g/mol. The molecule has 0 aliphatic carbocycles. The van der Waals surface area contributed by atoms with E-state index >= 15 is 0 Å². The summed E-state index contributed by atoms with van der Waals surface area (Å²) >= 11 is 1.59. The quantitative estimate of drug-likeness (QED) is 0.684. The standard InChI is InChI=1S/C20H21N3O4S/c24-18-14-4-1-2-5-16(14)21-20(27)23(18)10-9-22-8-7-13(15(12-22)19(25)26)17-6-3-11-28-17/h1-6,11,13,15H,7-10,12H2,(H,21,27)(H,25,26). The van der Waals surface area contributed by atoms with Gasteiger partial charge in [-0.25, -0.2) is 4.79 Å². The third kappa shape index (κ3) is 3.53. The number of hydrogen-bond acceptors (Lipinski definition) is 5. The Labute approximate surface area is 164 Å². The molecule has 1 aromatic carbocycles. The molecule has 2 atom stereocenters. The highest BCUT2D eigenvalue weighted by molar-refractivity contribution is 7.10. The molecule has 8 heteroatoms. The first-order valence-electron chi connectivity index (χ1n) is 9.25. The number of likely N-dealkylation sites (tertiary alicyclic amines) is 1. The molecule has 1 aliphatic rings. The Kier molecular flexibility index (Phi) is 5.15. The summed E-state index contributed by atoms with van der Waals surface area (Å²) in [6.45, 7) is 1.85. The number of carbonyl (C=O) groups is 1. The predicted octanol–water partition coefficient (Wildman–Crippen LogP) is 1.94. The fraction of sp³-hybridized carbons (Fsp3) is 0.350. The first-order chi connectivity index (χ1) is 13.5. The van der Waals surface area contributed by atoms with Crippen LogP contribution in [0.4, 0.5) is 0 Å². The second-order valence-corrected chi connectivity index (χ2v) is 8.07. The normalized spacial score (nSPS) is 20.4. The van der Waals surface area contributed by atoms with Crippen LogP contribution in [0.15, 0.2) is 51.4 Å². The molecule has 146 valence electrons. The summed E-state index contributed by atoms with van der Waals surface area (Å²) in [5.74, 6) is -1.27. The van der Waals surface area contributed by atoms with Crippen LogP contribution < -0.4 is 11.2 Å². The van der Waals surface area contributed by atoms with Crippen molar-refractivity contribution >= 4 is 28.2 Å². The van der Waals surface area contributed by atoms with Gasteiger partial charge in [0.2, 0.25) is 0 Å². The van der Waals surface area contributed by atoms with E-state index in [1.54, 1.807) is 35.6 Å². The molecule has 3 heterocycles. The van der Waals surface area contributed by atoms with Crippen LogP contribution in [0.1, 0.15) is 17.2 Å². The lowest BCUT2D eigenvalue weighted by Gasteiger charge is -2.36. The molecule has 4 rings (SSSR count). The van der Waals surface area contributed by atoms with Gasteiger partial charge in [0.15, 0.2) is 0 Å². The highest BCUT2D eigenvalue weighted by Gasteiger charge is 2.35. The number of aromatic nitrogens is 2. The fourth-order valence-electron chi connectivity index (χ4n) is 3.96. The Morgan fingerprint density at radius 2 is 2.00 bits per heavy atom. The lowest BCUT2D eigenvalue weighted by molar-refractivity contribution is -0.144. The van der Waals surface area contributed by atoms with Gasteiger partial charge in [-0.05, 0) is 36.5 Å². The Hall–Kier alpha value is -2.71. The van der Waals surface area contributed by atoms with Gasteiger partial charge in [-0.15, -0.1) is 11.3 Å². The van der Waals surface area contributed by atoms with E-state index < -0.39 is 17.6 Å². The molecule has 28 heavy (non-hydrogen) atoms. The molecule has 3 aromatic rings. The number of fused-ring (bicyclic) bond motifs is 1. The number of aromatic amines is 1. The van der Waals surface area contributed by atoms with Crippen molar-refractivity contribution < 1.29 is 9.90 Å². The first kappa shape index (κ1) is 18.6. The average Bonchev–Trinajstić information content (AvgIpc) is 3.22. The number of carboxylic acids is 1. The molecule has 0 bridgehead atoms. The molecule has 2 N–H and O–H groups in total. The lowest BCUT2D eigenvalue weighted by atomic mass is 9.84. The van der Waals surface area contributed by atoms with Crippen LogP contribution in [0.3, 0.4) is 0 Å². The minimum Gasteiger partial charge on any atom is -0.481 e. The molecule has 7 nitrogen and oxygen atoms in total. The minimum atomic E-state index is -0.802. The number of H-pyrrole nitrogens is 1. The molecule has 2 aromatic heterocycles. The van der Waals surface area contributed by atoms with Crippen molar-refractivity contribution in [2.75, 3.05) is 19.6 Å². The summed E-state index contributed by atoms with van der Waals surface area (Å²) < 4.78 is 1.20. The van der Waals surface area contributed by atoms with E-state index in [1.165, 1.54) is 4.57 Å². The van der Waals surface area contributed by atoms with E-state index in [0.717, 1.165) is 17.8 Å². The van der Waals surface area contributed by atoms with Crippen LogP contribution in [-0.2, 0) is 11.3 Å². The number of rotatable bonds is 5. The number of nitrogens with zero attached hydrogens (tertiary/aromatic N) is 2. The maximum atomic E-state index is 12.6. The molecule has 1 saturated heterocycles. The largest absolute Gasteiger partial charge is 0.481 e. The summed E-state index contributed by atoms with van der Waals surface area (Å²) in [4.78, 5) is 42.6. The van der Waals surface area contributed by atoms with Crippen molar-refractivity contribution in [3.05, 3.63) is 67.5 Å². The molecule has 2 unspecified atom stereocenters. The number of hydrogen-bond donors (Lipinski definition) is 2. The summed E-state index contributed by atoms with van der Waals surface area (Å²) in [5.41, 5.74) is -0.231.